The van der Waals surface area contributed by atoms with E-state index in [2.05, 4.69) is 9.47 Å². The highest BCUT2D eigenvalue weighted by Crippen LogP contribution is 2.30. The van der Waals surface area contributed by atoms with Gasteiger partial charge in [0.2, 0.25) is 0 Å². The molecule has 1 aromatic rings. The van der Waals surface area contributed by atoms with Crippen molar-refractivity contribution in [3.8, 4) is 5.75 Å². The number of para-hydroxylation sites is 1. The van der Waals surface area contributed by atoms with Crippen molar-refractivity contribution in [2.75, 3.05) is 13.2 Å². The van der Waals surface area contributed by atoms with Crippen molar-refractivity contribution in [2.24, 2.45) is 5.73 Å². The minimum absolute atomic E-state index is 0.0775. The van der Waals surface area contributed by atoms with Crippen molar-refractivity contribution in [3.05, 3.63) is 29.8 Å². The molecular formula is C12H14F5NO2. The van der Waals surface area contributed by atoms with E-state index in [0.29, 0.717) is 0 Å². The number of hydrogen-bond acceptors (Lipinski definition) is 3. The molecule has 0 aliphatic carbocycles. The quantitative estimate of drug-likeness (QED) is 0.621. The summed E-state index contributed by atoms with van der Waals surface area (Å²) in [6.45, 7) is -0.806. The van der Waals surface area contributed by atoms with Crippen LogP contribution in [0, 0.1) is 0 Å². The van der Waals surface area contributed by atoms with E-state index in [4.69, 9.17) is 5.73 Å². The Morgan fingerprint density at radius 1 is 1.15 bits per heavy atom. The van der Waals surface area contributed by atoms with E-state index in [1.54, 1.807) is 0 Å². The molecule has 0 aromatic heterocycles. The zero-order chi connectivity index (χ0) is 15.2. The summed E-state index contributed by atoms with van der Waals surface area (Å²) < 4.78 is 68.8. The molecule has 0 aliphatic heterocycles. The Bertz CT molecular complexity index is 411. The molecule has 0 spiro atoms. The van der Waals surface area contributed by atoms with E-state index in [-0.39, 0.29) is 18.6 Å². The summed E-state index contributed by atoms with van der Waals surface area (Å²) in [6, 6.07) is 4.62. The number of benzene rings is 1. The first-order chi connectivity index (χ1) is 9.29. The van der Waals surface area contributed by atoms with Gasteiger partial charge in [-0.15, -0.1) is 13.2 Å². The molecule has 0 heterocycles. The molecule has 1 unspecified atom stereocenters. The summed E-state index contributed by atoms with van der Waals surface area (Å²) in [5, 5.41) is 0. The Morgan fingerprint density at radius 2 is 1.80 bits per heavy atom. The maximum Gasteiger partial charge on any atom is 0.573 e. The van der Waals surface area contributed by atoms with Crippen LogP contribution in [0.4, 0.5) is 22.0 Å². The SMILES string of the molecule is NC(CCOCC(F)F)c1ccccc1OC(F)(F)F. The van der Waals surface area contributed by atoms with Crippen LogP contribution < -0.4 is 10.5 Å². The number of nitrogens with two attached hydrogens (primary N) is 1. The maximum atomic E-state index is 12.2. The Balaban J connectivity index is 2.61. The third kappa shape index (κ3) is 6.16. The Kier molecular flexibility index (Phi) is 6.15. The van der Waals surface area contributed by atoms with E-state index < -0.39 is 31.2 Å². The molecule has 0 radical (unpaired) electrons. The molecule has 3 nitrogen and oxygen atoms in total. The predicted octanol–water partition coefficient (Wildman–Crippen LogP) is 3.26. The second-order valence-electron chi connectivity index (χ2n) is 3.95. The number of hydrogen-bond donors (Lipinski definition) is 1. The molecule has 0 saturated carbocycles. The predicted molar refractivity (Wildman–Crippen MR) is 61.5 cm³/mol. The first-order valence-electron chi connectivity index (χ1n) is 5.75. The van der Waals surface area contributed by atoms with Gasteiger partial charge >= 0.3 is 6.36 Å². The van der Waals surface area contributed by atoms with Crippen molar-refractivity contribution < 1.29 is 31.4 Å². The lowest BCUT2D eigenvalue weighted by molar-refractivity contribution is -0.275. The van der Waals surface area contributed by atoms with Crippen LogP contribution in [0.5, 0.6) is 5.75 Å². The minimum Gasteiger partial charge on any atom is -0.405 e. The highest BCUT2D eigenvalue weighted by atomic mass is 19.4. The van der Waals surface area contributed by atoms with Crippen LogP contribution in [0.1, 0.15) is 18.0 Å². The van der Waals surface area contributed by atoms with Gasteiger partial charge in [-0.25, -0.2) is 8.78 Å². The summed E-state index contributed by atoms with van der Waals surface area (Å²) in [5.74, 6) is -0.402. The lowest BCUT2D eigenvalue weighted by atomic mass is 10.0. The molecular weight excluding hydrogens is 285 g/mol. The van der Waals surface area contributed by atoms with Gasteiger partial charge in [0.15, 0.2) is 0 Å². The molecule has 0 aliphatic rings. The van der Waals surface area contributed by atoms with Gasteiger partial charge in [-0.3, -0.25) is 0 Å². The lowest BCUT2D eigenvalue weighted by Crippen LogP contribution is -2.21. The fourth-order valence-electron chi connectivity index (χ4n) is 1.54. The summed E-state index contributed by atoms with van der Waals surface area (Å²) >= 11 is 0. The molecule has 114 valence electrons. The highest BCUT2D eigenvalue weighted by Gasteiger charge is 2.32. The van der Waals surface area contributed by atoms with Crippen molar-refractivity contribution in [2.45, 2.75) is 25.3 Å². The fraction of sp³-hybridized carbons (Fsp3) is 0.500. The number of alkyl halides is 5. The second-order valence-corrected chi connectivity index (χ2v) is 3.95. The highest BCUT2D eigenvalue weighted by molar-refractivity contribution is 5.35. The topological polar surface area (TPSA) is 44.5 Å². The molecule has 0 amide bonds. The second kappa shape index (κ2) is 7.39. The fourth-order valence-corrected chi connectivity index (χ4v) is 1.54. The summed E-state index contributed by atoms with van der Waals surface area (Å²) in [4.78, 5) is 0. The summed E-state index contributed by atoms with van der Waals surface area (Å²) in [5.41, 5.74) is 5.86. The first kappa shape index (κ1) is 16.6. The standard InChI is InChI=1S/C12H14F5NO2/c13-11(14)7-19-6-5-9(18)8-3-1-2-4-10(8)20-12(15,16)17/h1-4,9,11H,5-7,18H2. The van der Waals surface area contributed by atoms with Crippen LogP contribution in [-0.4, -0.2) is 26.0 Å². The third-order valence-electron chi connectivity index (χ3n) is 2.36. The maximum absolute atomic E-state index is 12.2. The van der Waals surface area contributed by atoms with Crippen LogP contribution in [0.25, 0.3) is 0 Å². The van der Waals surface area contributed by atoms with Crippen molar-refractivity contribution in [1.29, 1.82) is 0 Å². The smallest absolute Gasteiger partial charge is 0.405 e. The Morgan fingerprint density at radius 3 is 2.40 bits per heavy atom. The number of ether oxygens (including phenoxy) is 2. The largest absolute Gasteiger partial charge is 0.573 e. The molecule has 20 heavy (non-hydrogen) atoms. The first-order valence-corrected chi connectivity index (χ1v) is 5.75. The van der Waals surface area contributed by atoms with Gasteiger partial charge in [-0.1, -0.05) is 18.2 Å². The van der Waals surface area contributed by atoms with E-state index in [9.17, 15) is 22.0 Å². The van der Waals surface area contributed by atoms with E-state index in [1.165, 1.54) is 18.2 Å². The molecule has 2 N–H and O–H groups in total. The number of halogens is 5. The van der Waals surface area contributed by atoms with Crippen LogP contribution in [-0.2, 0) is 4.74 Å². The minimum atomic E-state index is -4.82. The monoisotopic (exact) mass is 299 g/mol. The normalized spacial score (nSPS) is 13.6. The van der Waals surface area contributed by atoms with Gasteiger partial charge in [0.1, 0.15) is 12.4 Å². The Hall–Kier alpha value is -1.41. The van der Waals surface area contributed by atoms with Crippen LogP contribution in [0.3, 0.4) is 0 Å². The van der Waals surface area contributed by atoms with Crippen LogP contribution >= 0.6 is 0 Å². The molecule has 8 heteroatoms. The van der Waals surface area contributed by atoms with E-state index in [0.717, 1.165) is 6.07 Å². The van der Waals surface area contributed by atoms with Crippen LogP contribution in [0.15, 0.2) is 24.3 Å². The molecule has 0 bridgehead atoms. The molecule has 1 atom stereocenters. The van der Waals surface area contributed by atoms with Gasteiger partial charge in [-0.05, 0) is 12.5 Å². The van der Waals surface area contributed by atoms with Gasteiger partial charge < -0.3 is 15.2 Å². The molecule has 1 aromatic carbocycles. The summed E-state index contributed by atoms with van der Waals surface area (Å²) in [7, 11) is 0. The number of rotatable bonds is 7. The lowest BCUT2D eigenvalue weighted by Gasteiger charge is -2.17. The van der Waals surface area contributed by atoms with Crippen molar-refractivity contribution in [1.82, 2.24) is 0 Å². The summed E-state index contributed by atoms with van der Waals surface area (Å²) in [6.07, 6.45) is -7.31. The van der Waals surface area contributed by atoms with Gasteiger partial charge in [0, 0.05) is 18.2 Å². The van der Waals surface area contributed by atoms with Gasteiger partial charge in [0.05, 0.1) is 0 Å². The average molecular weight is 299 g/mol. The van der Waals surface area contributed by atoms with E-state index in [1.807, 2.05) is 0 Å². The van der Waals surface area contributed by atoms with Gasteiger partial charge in [0.25, 0.3) is 6.43 Å². The Labute approximate surface area is 112 Å². The molecule has 1 rings (SSSR count). The molecule has 0 fully saturated rings. The van der Waals surface area contributed by atoms with Crippen molar-refractivity contribution in [3.63, 3.8) is 0 Å². The van der Waals surface area contributed by atoms with Crippen molar-refractivity contribution >= 4 is 0 Å². The average Bonchev–Trinajstić information content (AvgIpc) is 2.33. The zero-order valence-electron chi connectivity index (χ0n) is 10.4. The van der Waals surface area contributed by atoms with Crippen LogP contribution in [0.2, 0.25) is 0 Å². The molecule has 0 saturated heterocycles. The zero-order valence-corrected chi connectivity index (χ0v) is 10.4. The van der Waals surface area contributed by atoms with Gasteiger partial charge in [-0.2, -0.15) is 0 Å². The van der Waals surface area contributed by atoms with E-state index >= 15 is 0 Å². The third-order valence-corrected chi connectivity index (χ3v) is 2.36.